The molecule has 2 nitrogen and oxygen atoms in total. The van der Waals surface area contributed by atoms with Crippen molar-refractivity contribution in [3.8, 4) is 11.8 Å². The number of ether oxygens (including phenoxy) is 1. The monoisotopic (exact) mass is 328 g/mol. The van der Waals surface area contributed by atoms with Gasteiger partial charge in [0, 0.05) is 22.0 Å². The summed E-state index contributed by atoms with van der Waals surface area (Å²) in [5, 5.41) is 0. The molecule has 0 aliphatic heterocycles. The highest BCUT2D eigenvalue weighted by atomic mass is 127. The Bertz CT molecular complexity index is 415. The van der Waals surface area contributed by atoms with Crippen LogP contribution < -0.4 is 0 Å². The minimum absolute atomic E-state index is 0.170. The average molecular weight is 328 g/mol. The lowest BCUT2D eigenvalue weighted by molar-refractivity contribution is -0.140. The van der Waals surface area contributed by atoms with Crippen LogP contribution >= 0.6 is 22.6 Å². The summed E-state index contributed by atoms with van der Waals surface area (Å²) in [5.74, 6) is 5.95. The van der Waals surface area contributed by atoms with Gasteiger partial charge in [0.1, 0.15) is 0 Å². The zero-order valence-electron chi connectivity index (χ0n) is 9.13. The number of methoxy groups -OCH3 is 1. The smallest absolute Gasteiger partial charge is 0.305 e. The third kappa shape index (κ3) is 5.17. The second kappa shape index (κ2) is 7.29. The second-order valence-electron chi connectivity index (χ2n) is 3.24. The van der Waals surface area contributed by atoms with Crippen molar-refractivity contribution < 1.29 is 9.53 Å². The molecule has 0 aliphatic carbocycles. The molecule has 1 rings (SSSR count). The number of rotatable bonds is 3. The van der Waals surface area contributed by atoms with Gasteiger partial charge in [0.05, 0.1) is 7.11 Å². The van der Waals surface area contributed by atoms with E-state index >= 15 is 0 Å². The van der Waals surface area contributed by atoms with Gasteiger partial charge in [-0.25, -0.2) is 0 Å². The first-order valence-corrected chi connectivity index (χ1v) is 6.11. The Labute approximate surface area is 110 Å². The molecule has 1 aromatic rings. The highest BCUT2D eigenvalue weighted by molar-refractivity contribution is 14.1. The Kier molecular flexibility index (Phi) is 5.94. The van der Waals surface area contributed by atoms with Gasteiger partial charge < -0.3 is 4.74 Å². The van der Waals surface area contributed by atoms with Crippen molar-refractivity contribution in [2.75, 3.05) is 7.11 Å². The number of esters is 1. The third-order valence-corrected chi connectivity index (χ3v) is 2.64. The molecule has 0 saturated heterocycles. The minimum Gasteiger partial charge on any atom is -0.469 e. The van der Waals surface area contributed by atoms with Crippen molar-refractivity contribution in [2.24, 2.45) is 0 Å². The van der Waals surface area contributed by atoms with E-state index in [1.165, 1.54) is 10.7 Å². The zero-order valence-corrected chi connectivity index (χ0v) is 11.3. The van der Waals surface area contributed by atoms with Crippen LogP contribution in [0.1, 0.15) is 24.8 Å². The van der Waals surface area contributed by atoms with Gasteiger partial charge in [-0.3, -0.25) is 4.79 Å². The zero-order chi connectivity index (χ0) is 11.8. The van der Waals surface area contributed by atoms with Crippen molar-refractivity contribution in [3.63, 3.8) is 0 Å². The van der Waals surface area contributed by atoms with Crippen LogP contribution in [-0.2, 0) is 9.53 Å². The number of benzene rings is 1. The Hall–Kier alpha value is -1.02. The molecule has 16 heavy (non-hydrogen) atoms. The number of hydrogen-bond donors (Lipinski definition) is 0. The Morgan fingerprint density at radius 1 is 1.50 bits per heavy atom. The summed E-state index contributed by atoms with van der Waals surface area (Å²) in [7, 11) is 1.40. The summed E-state index contributed by atoms with van der Waals surface area (Å²) in [6.45, 7) is 0. The molecule has 0 radical (unpaired) electrons. The van der Waals surface area contributed by atoms with E-state index in [-0.39, 0.29) is 5.97 Å². The summed E-state index contributed by atoms with van der Waals surface area (Å²) in [6, 6.07) is 8.03. The molecule has 0 saturated carbocycles. The van der Waals surface area contributed by atoms with Gasteiger partial charge in [-0.1, -0.05) is 17.9 Å². The fraction of sp³-hybridized carbons (Fsp3) is 0.308. The van der Waals surface area contributed by atoms with Crippen molar-refractivity contribution in [1.82, 2.24) is 0 Å². The molecule has 1 aromatic carbocycles. The first-order chi connectivity index (χ1) is 7.72. The molecule has 0 heterocycles. The molecule has 0 bridgehead atoms. The van der Waals surface area contributed by atoms with Gasteiger partial charge in [0.2, 0.25) is 0 Å². The number of halogens is 1. The van der Waals surface area contributed by atoms with Gasteiger partial charge in [-0.2, -0.15) is 0 Å². The molecule has 0 atom stereocenters. The number of hydrogen-bond acceptors (Lipinski definition) is 2. The van der Waals surface area contributed by atoms with Crippen LogP contribution in [0.25, 0.3) is 0 Å². The van der Waals surface area contributed by atoms with Crippen LogP contribution in [0.15, 0.2) is 24.3 Å². The highest BCUT2D eigenvalue weighted by Crippen LogP contribution is 2.06. The first-order valence-electron chi connectivity index (χ1n) is 5.03. The highest BCUT2D eigenvalue weighted by Gasteiger charge is 1.96. The molecule has 0 spiro atoms. The number of unbranched alkanes of at least 4 members (excludes halogenated alkanes) is 1. The van der Waals surface area contributed by atoms with E-state index in [1.54, 1.807) is 0 Å². The molecular weight excluding hydrogens is 315 g/mol. The minimum atomic E-state index is -0.170. The van der Waals surface area contributed by atoms with Gasteiger partial charge in [0.15, 0.2) is 0 Å². The van der Waals surface area contributed by atoms with E-state index in [1.807, 2.05) is 24.3 Å². The van der Waals surface area contributed by atoms with Gasteiger partial charge >= 0.3 is 5.97 Å². The normalized spacial score (nSPS) is 9.12. The molecular formula is C13H13IO2. The third-order valence-electron chi connectivity index (χ3n) is 1.97. The lowest BCUT2D eigenvalue weighted by Gasteiger charge is -1.94. The maximum atomic E-state index is 10.8. The molecule has 0 N–H and O–H groups in total. The topological polar surface area (TPSA) is 26.3 Å². The Balaban J connectivity index is 2.35. The largest absolute Gasteiger partial charge is 0.469 e. The predicted molar refractivity (Wildman–Crippen MR) is 71.9 cm³/mol. The molecule has 0 unspecified atom stereocenters. The van der Waals surface area contributed by atoms with Gasteiger partial charge in [-0.15, -0.1) is 0 Å². The van der Waals surface area contributed by atoms with Crippen molar-refractivity contribution in [2.45, 2.75) is 19.3 Å². The SMILES string of the molecule is COC(=O)CCCC#Cc1cccc(I)c1. The quantitative estimate of drug-likeness (QED) is 0.369. The van der Waals surface area contributed by atoms with E-state index in [2.05, 4.69) is 39.2 Å². The second-order valence-corrected chi connectivity index (χ2v) is 4.49. The van der Waals surface area contributed by atoms with Crippen molar-refractivity contribution in [1.29, 1.82) is 0 Å². The molecule has 0 amide bonds. The van der Waals surface area contributed by atoms with Crippen LogP contribution in [0.2, 0.25) is 0 Å². The lowest BCUT2D eigenvalue weighted by Crippen LogP contribution is -1.98. The van der Waals surface area contributed by atoms with Gasteiger partial charge in [-0.05, 0) is 47.2 Å². The van der Waals surface area contributed by atoms with Crippen LogP contribution in [0.5, 0.6) is 0 Å². The van der Waals surface area contributed by atoms with Gasteiger partial charge in [0.25, 0.3) is 0 Å². The van der Waals surface area contributed by atoms with E-state index in [0.717, 1.165) is 18.4 Å². The fourth-order valence-corrected chi connectivity index (χ4v) is 1.70. The molecule has 84 valence electrons. The maximum Gasteiger partial charge on any atom is 0.305 e. The van der Waals surface area contributed by atoms with Crippen molar-refractivity contribution >= 4 is 28.6 Å². The Morgan fingerprint density at radius 2 is 2.31 bits per heavy atom. The lowest BCUT2D eigenvalue weighted by atomic mass is 10.2. The van der Waals surface area contributed by atoms with Crippen LogP contribution in [0, 0.1) is 15.4 Å². The molecule has 0 aromatic heterocycles. The fourth-order valence-electron chi connectivity index (χ4n) is 1.15. The summed E-state index contributed by atoms with van der Waals surface area (Å²) in [5.41, 5.74) is 1.02. The van der Waals surface area contributed by atoms with E-state index in [4.69, 9.17) is 0 Å². The van der Waals surface area contributed by atoms with Crippen LogP contribution in [-0.4, -0.2) is 13.1 Å². The maximum absolute atomic E-state index is 10.8. The van der Waals surface area contributed by atoms with E-state index in [9.17, 15) is 4.79 Å². The first kappa shape index (κ1) is 13.0. The standard InChI is InChI=1S/C13H13IO2/c1-16-13(15)9-4-2-3-6-11-7-5-8-12(14)10-11/h5,7-8,10H,2,4,9H2,1H3. The number of carbonyl (C=O) groups is 1. The summed E-state index contributed by atoms with van der Waals surface area (Å²) < 4.78 is 5.72. The van der Waals surface area contributed by atoms with E-state index < -0.39 is 0 Å². The van der Waals surface area contributed by atoms with Crippen molar-refractivity contribution in [3.05, 3.63) is 33.4 Å². The molecule has 3 heteroatoms. The molecule has 0 fully saturated rings. The summed E-state index contributed by atoms with van der Waals surface area (Å²) >= 11 is 2.26. The van der Waals surface area contributed by atoms with E-state index in [0.29, 0.717) is 6.42 Å². The van der Waals surface area contributed by atoms with Crippen LogP contribution in [0.4, 0.5) is 0 Å². The average Bonchev–Trinajstić information content (AvgIpc) is 2.28. The van der Waals surface area contributed by atoms with Crippen LogP contribution in [0.3, 0.4) is 0 Å². The predicted octanol–water partition coefficient (Wildman–Crippen LogP) is 2.99. The Morgan fingerprint density at radius 3 is 3.00 bits per heavy atom. The summed E-state index contributed by atoms with van der Waals surface area (Å²) in [6.07, 6.45) is 1.92. The summed E-state index contributed by atoms with van der Waals surface area (Å²) in [4.78, 5) is 10.8. The molecule has 0 aliphatic rings. The number of carbonyl (C=O) groups excluding carboxylic acids is 1.